The van der Waals surface area contributed by atoms with Gasteiger partial charge in [-0.1, -0.05) is 41.4 Å². The number of hydrogen-bond acceptors (Lipinski definition) is 5. The third-order valence-electron chi connectivity index (χ3n) is 5.78. The van der Waals surface area contributed by atoms with Crippen LogP contribution in [0.5, 0.6) is 0 Å². The molecule has 0 spiro atoms. The molecule has 2 aromatic rings. The minimum Gasteiger partial charge on any atom is -0.340 e. The van der Waals surface area contributed by atoms with Crippen LogP contribution in [0.15, 0.2) is 28.8 Å². The van der Waals surface area contributed by atoms with Crippen molar-refractivity contribution in [1.82, 2.24) is 19.9 Å². The topological polar surface area (TPSA) is 62.5 Å². The molecule has 0 unspecified atom stereocenters. The van der Waals surface area contributed by atoms with Gasteiger partial charge in [-0.2, -0.15) is 4.98 Å². The van der Waals surface area contributed by atoms with Gasteiger partial charge < -0.3 is 9.42 Å². The van der Waals surface area contributed by atoms with Gasteiger partial charge in [0.1, 0.15) is 0 Å². The van der Waals surface area contributed by atoms with E-state index in [1.807, 2.05) is 12.1 Å². The largest absolute Gasteiger partial charge is 0.340 e. The summed E-state index contributed by atoms with van der Waals surface area (Å²) < 4.78 is 5.40. The van der Waals surface area contributed by atoms with Crippen LogP contribution in [-0.2, 0) is 11.2 Å². The second-order valence-electron chi connectivity index (χ2n) is 7.78. The molecule has 1 aliphatic heterocycles. The lowest BCUT2D eigenvalue weighted by atomic mass is 9.84. The zero-order valence-corrected chi connectivity index (χ0v) is 16.1. The van der Waals surface area contributed by atoms with Crippen molar-refractivity contribution < 1.29 is 9.32 Å². The Morgan fingerprint density at radius 2 is 1.89 bits per heavy atom. The van der Waals surface area contributed by atoms with Crippen molar-refractivity contribution in [2.24, 2.45) is 5.92 Å². The number of nitrogens with zero attached hydrogens (tertiary/aromatic N) is 4. The highest BCUT2D eigenvalue weighted by Crippen LogP contribution is 2.28. The van der Waals surface area contributed by atoms with Crippen LogP contribution in [0.3, 0.4) is 0 Å². The second-order valence-corrected chi connectivity index (χ2v) is 7.78. The van der Waals surface area contributed by atoms with Crippen LogP contribution in [0.25, 0.3) is 11.4 Å². The number of benzene rings is 1. The predicted molar refractivity (Wildman–Crippen MR) is 103 cm³/mol. The van der Waals surface area contributed by atoms with Crippen molar-refractivity contribution in [1.29, 1.82) is 0 Å². The van der Waals surface area contributed by atoms with Gasteiger partial charge in [0, 0.05) is 44.1 Å². The van der Waals surface area contributed by atoms with E-state index in [4.69, 9.17) is 4.52 Å². The summed E-state index contributed by atoms with van der Waals surface area (Å²) >= 11 is 0. The van der Waals surface area contributed by atoms with Gasteiger partial charge in [-0.05, 0) is 32.7 Å². The molecule has 0 atom stereocenters. The zero-order valence-electron chi connectivity index (χ0n) is 16.1. The van der Waals surface area contributed by atoms with Crippen molar-refractivity contribution in [2.45, 2.75) is 39.0 Å². The Bertz CT molecular complexity index is 759. The molecule has 1 amide bonds. The third kappa shape index (κ3) is 4.38. The van der Waals surface area contributed by atoms with E-state index < -0.39 is 0 Å². The number of piperazine rings is 1. The highest BCUT2D eigenvalue weighted by Gasteiger charge is 2.31. The fourth-order valence-electron chi connectivity index (χ4n) is 3.74. The first-order chi connectivity index (χ1) is 13.2. The van der Waals surface area contributed by atoms with E-state index in [-0.39, 0.29) is 0 Å². The molecule has 1 aromatic carbocycles. The first-order valence-corrected chi connectivity index (χ1v) is 10.1. The van der Waals surface area contributed by atoms with Gasteiger partial charge >= 0.3 is 0 Å². The average Bonchev–Trinajstić information content (AvgIpc) is 3.10. The maximum atomic E-state index is 12.3. The lowest BCUT2D eigenvalue weighted by molar-refractivity contribution is -0.139. The molecule has 2 heterocycles. The van der Waals surface area contributed by atoms with Gasteiger partial charge in [-0.15, -0.1) is 0 Å². The lowest BCUT2D eigenvalue weighted by Crippen LogP contribution is -2.51. The fraction of sp³-hybridized carbons (Fsp3) is 0.571. The van der Waals surface area contributed by atoms with Crippen LogP contribution in [0, 0.1) is 12.8 Å². The van der Waals surface area contributed by atoms with Gasteiger partial charge in [-0.25, -0.2) is 0 Å². The van der Waals surface area contributed by atoms with Crippen LogP contribution in [0.2, 0.25) is 0 Å². The van der Waals surface area contributed by atoms with Crippen molar-refractivity contribution in [3.05, 3.63) is 35.7 Å². The molecule has 2 fully saturated rings. The summed E-state index contributed by atoms with van der Waals surface area (Å²) in [5.74, 6) is 2.06. The smallest absolute Gasteiger partial charge is 0.227 e. The van der Waals surface area contributed by atoms with Crippen molar-refractivity contribution in [3.8, 4) is 11.4 Å². The number of amides is 1. The highest BCUT2D eigenvalue weighted by molar-refractivity contribution is 5.79. The SMILES string of the molecule is Cc1ccc(-c2noc(CCCN3CCN(C(=O)C4CCC4)CC3)n2)cc1. The molecule has 6 heteroatoms. The van der Waals surface area contributed by atoms with Crippen molar-refractivity contribution in [2.75, 3.05) is 32.7 Å². The van der Waals surface area contributed by atoms with Gasteiger partial charge in [0.2, 0.25) is 17.6 Å². The number of carbonyl (C=O) groups is 1. The molecule has 1 saturated heterocycles. The maximum Gasteiger partial charge on any atom is 0.227 e. The Morgan fingerprint density at radius 1 is 1.15 bits per heavy atom. The first kappa shape index (κ1) is 18.2. The van der Waals surface area contributed by atoms with Gasteiger partial charge in [-0.3, -0.25) is 9.69 Å². The van der Waals surface area contributed by atoms with E-state index in [0.717, 1.165) is 64.0 Å². The second kappa shape index (κ2) is 8.21. The van der Waals surface area contributed by atoms with Crippen LogP contribution in [0.1, 0.15) is 37.1 Å². The zero-order chi connectivity index (χ0) is 18.6. The molecule has 6 nitrogen and oxygen atoms in total. The van der Waals surface area contributed by atoms with E-state index in [0.29, 0.717) is 23.5 Å². The molecule has 4 rings (SSSR count). The molecule has 0 N–H and O–H groups in total. The quantitative estimate of drug-likeness (QED) is 0.784. The Kier molecular flexibility index (Phi) is 5.53. The summed E-state index contributed by atoms with van der Waals surface area (Å²) in [5.41, 5.74) is 2.21. The van der Waals surface area contributed by atoms with Crippen LogP contribution in [-0.4, -0.2) is 58.6 Å². The Hall–Kier alpha value is -2.21. The molecule has 1 aromatic heterocycles. The predicted octanol–water partition coefficient (Wildman–Crippen LogP) is 2.92. The number of aryl methyl sites for hydroxylation is 2. The lowest BCUT2D eigenvalue weighted by Gasteiger charge is -2.38. The number of carbonyl (C=O) groups excluding carboxylic acids is 1. The van der Waals surface area contributed by atoms with Crippen LogP contribution in [0.4, 0.5) is 0 Å². The Morgan fingerprint density at radius 3 is 2.56 bits per heavy atom. The minimum absolute atomic E-state index is 0.316. The number of hydrogen-bond donors (Lipinski definition) is 0. The number of aromatic nitrogens is 2. The molecule has 0 radical (unpaired) electrons. The van der Waals surface area contributed by atoms with E-state index in [1.54, 1.807) is 0 Å². The van der Waals surface area contributed by atoms with Crippen LogP contribution < -0.4 is 0 Å². The Balaban J connectivity index is 1.19. The molecular weight excluding hydrogens is 340 g/mol. The highest BCUT2D eigenvalue weighted by atomic mass is 16.5. The summed E-state index contributed by atoms with van der Waals surface area (Å²) in [6.07, 6.45) is 5.19. The summed E-state index contributed by atoms with van der Waals surface area (Å²) in [6, 6.07) is 8.16. The Labute approximate surface area is 160 Å². The molecule has 144 valence electrons. The van der Waals surface area contributed by atoms with Crippen molar-refractivity contribution in [3.63, 3.8) is 0 Å². The average molecular weight is 368 g/mol. The van der Waals surface area contributed by atoms with Gasteiger partial charge in [0.25, 0.3) is 0 Å². The summed E-state index contributed by atoms with van der Waals surface area (Å²) in [7, 11) is 0. The first-order valence-electron chi connectivity index (χ1n) is 10.1. The fourth-order valence-corrected chi connectivity index (χ4v) is 3.74. The van der Waals surface area contributed by atoms with Crippen molar-refractivity contribution >= 4 is 5.91 Å². The van der Waals surface area contributed by atoms with Crippen LogP contribution >= 0.6 is 0 Å². The van der Waals surface area contributed by atoms with E-state index in [2.05, 4.69) is 39.0 Å². The van der Waals surface area contributed by atoms with E-state index >= 15 is 0 Å². The molecule has 1 aliphatic carbocycles. The monoisotopic (exact) mass is 368 g/mol. The minimum atomic E-state index is 0.316. The summed E-state index contributed by atoms with van der Waals surface area (Å²) in [5, 5.41) is 4.10. The molecule has 1 saturated carbocycles. The van der Waals surface area contributed by atoms with E-state index in [9.17, 15) is 4.79 Å². The number of rotatable bonds is 6. The molecular formula is C21H28N4O2. The maximum absolute atomic E-state index is 12.3. The normalized spacial score (nSPS) is 18.5. The van der Waals surface area contributed by atoms with Gasteiger partial charge in [0.15, 0.2) is 0 Å². The third-order valence-corrected chi connectivity index (χ3v) is 5.78. The summed E-state index contributed by atoms with van der Waals surface area (Å²) in [4.78, 5) is 21.3. The molecule has 27 heavy (non-hydrogen) atoms. The van der Waals surface area contributed by atoms with E-state index in [1.165, 1.54) is 12.0 Å². The standard InChI is InChI=1S/C21H28N4O2/c1-16-7-9-17(10-8-16)20-22-19(27-23-20)6-3-11-24-12-14-25(15-13-24)21(26)18-4-2-5-18/h7-10,18H,2-6,11-15H2,1H3. The summed E-state index contributed by atoms with van der Waals surface area (Å²) in [6.45, 7) is 6.75. The molecule has 2 aliphatic rings. The van der Waals surface area contributed by atoms with Gasteiger partial charge in [0.05, 0.1) is 0 Å². The molecule has 0 bridgehead atoms.